The lowest BCUT2D eigenvalue weighted by molar-refractivity contribution is -0.139. The van der Waals surface area contributed by atoms with Gasteiger partial charge >= 0.3 is 0 Å². The lowest BCUT2D eigenvalue weighted by Gasteiger charge is -2.32. The molecule has 2 aromatic rings. The lowest BCUT2D eigenvalue weighted by atomic mass is 9.95. The van der Waals surface area contributed by atoms with Gasteiger partial charge in [0.25, 0.3) is 0 Å². The first-order valence-corrected chi connectivity index (χ1v) is 14.0. The molecule has 0 aromatic heterocycles. The van der Waals surface area contributed by atoms with Crippen molar-refractivity contribution in [1.82, 2.24) is 10.2 Å². The number of hydrogen-bond acceptors (Lipinski definition) is 4. The number of amides is 2. The van der Waals surface area contributed by atoms with Crippen molar-refractivity contribution in [1.29, 1.82) is 0 Å². The summed E-state index contributed by atoms with van der Waals surface area (Å²) < 4.78 is 6.40. The van der Waals surface area contributed by atoms with Gasteiger partial charge in [-0.1, -0.05) is 66.4 Å². The number of methoxy groups -OCH3 is 1. The van der Waals surface area contributed by atoms with Crippen LogP contribution in [0.15, 0.2) is 53.0 Å². The largest absolute Gasteiger partial charge is 0.497 e. The molecule has 1 saturated carbocycles. The first kappa shape index (κ1) is 26.6. The van der Waals surface area contributed by atoms with E-state index in [1.807, 2.05) is 43.3 Å². The van der Waals surface area contributed by atoms with Crippen LogP contribution in [0.1, 0.15) is 56.6 Å². The van der Waals surface area contributed by atoms with Crippen LogP contribution in [-0.2, 0) is 21.9 Å². The second-order valence-electron chi connectivity index (χ2n) is 8.76. The molecule has 0 unspecified atom stereocenters. The maximum atomic E-state index is 13.4. The molecule has 0 spiro atoms. The van der Waals surface area contributed by atoms with Gasteiger partial charge in [0, 0.05) is 22.8 Å². The van der Waals surface area contributed by atoms with E-state index in [-0.39, 0.29) is 17.9 Å². The van der Waals surface area contributed by atoms with E-state index in [1.54, 1.807) is 23.8 Å². The number of nitrogens with zero attached hydrogens (tertiary/aromatic N) is 1. The number of thioether (sulfide) groups is 1. The van der Waals surface area contributed by atoms with Crippen LogP contribution in [0.4, 0.5) is 0 Å². The molecule has 2 amide bonds. The van der Waals surface area contributed by atoms with Crippen LogP contribution in [-0.4, -0.2) is 41.7 Å². The number of benzene rings is 2. The Hall–Kier alpha value is -1.99. The number of carbonyl (C=O) groups excluding carboxylic acids is 2. The molecule has 34 heavy (non-hydrogen) atoms. The third kappa shape index (κ3) is 8.05. The molecule has 5 nitrogen and oxygen atoms in total. The van der Waals surface area contributed by atoms with Gasteiger partial charge in [0.2, 0.25) is 11.8 Å². The van der Waals surface area contributed by atoms with E-state index < -0.39 is 6.04 Å². The summed E-state index contributed by atoms with van der Waals surface area (Å²) in [7, 11) is 1.63. The highest BCUT2D eigenvalue weighted by atomic mass is 79.9. The van der Waals surface area contributed by atoms with E-state index in [4.69, 9.17) is 4.74 Å². The topological polar surface area (TPSA) is 58.6 Å². The first-order chi connectivity index (χ1) is 16.5. The Labute approximate surface area is 216 Å². The van der Waals surface area contributed by atoms with Gasteiger partial charge in [-0.25, -0.2) is 0 Å². The molecule has 0 heterocycles. The Morgan fingerprint density at radius 1 is 1.12 bits per heavy atom. The lowest BCUT2D eigenvalue weighted by Crippen LogP contribution is -2.52. The monoisotopic (exact) mass is 546 g/mol. The van der Waals surface area contributed by atoms with Crippen molar-refractivity contribution in [2.45, 2.75) is 69.8 Å². The average molecular weight is 548 g/mol. The SMILES string of the molecule is CC[C@@H](C(=O)NC1CCCCC1)N(Cc1cccc(OC)c1)C(=O)CSCc1ccc(Br)cc1. The molecule has 7 heteroatoms. The molecule has 1 fully saturated rings. The van der Waals surface area contributed by atoms with E-state index in [9.17, 15) is 9.59 Å². The molecule has 3 rings (SSSR count). The van der Waals surface area contributed by atoms with Crippen molar-refractivity contribution in [3.05, 3.63) is 64.1 Å². The Morgan fingerprint density at radius 3 is 2.53 bits per heavy atom. The van der Waals surface area contributed by atoms with Crippen LogP contribution in [0.3, 0.4) is 0 Å². The number of nitrogens with one attached hydrogen (secondary N) is 1. The predicted molar refractivity (Wildman–Crippen MR) is 143 cm³/mol. The van der Waals surface area contributed by atoms with Gasteiger partial charge in [-0.15, -0.1) is 11.8 Å². The van der Waals surface area contributed by atoms with Gasteiger partial charge in [-0.2, -0.15) is 0 Å². The summed E-state index contributed by atoms with van der Waals surface area (Å²) in [6.07, 6.45) is 6.16. The van der Waals surface area contributed by atoms with Crippen molar-refractivity contribution in [2.75, 3.05) is 12.9 Å². The van der Waals surface area contributed by atoms with E-state index >= 15 is 0 Å². The molecule has 2 aromatic carbocycles. The summed E-state index contributed by atoms with van der Waals surface area (Å²) in [6, 6.07) is 15.6. The number of hydrogen-bond donors (Lipinski definition) is 1. The second kappa shape index (κ2) is 13.8. The van der Waals surface area contributed by atoms with Crippen LogP contribution < -0.4 is 10.1 Å². The number of rotatable bonds is 11. The fourth-order valence-corrected chi connectivity index (χ4v) is 5.49. The zero-order chi connectivity index (χ0) is 24.3. The molecule has 0 bridgehead atoms. The Balaban J connectivity index is 1.71. The third-order valence-corrected chi connectivity index (χ3v) is 7.75. The highest BCUT2D eigenvalue weighted by Gasteiger charge is 2.30. The third-order valence-electron chi connectivity index (χ3n) is 6.23. The summed E-state index contributed by atoms with van der Waals surface area (Å²) in [5, 5.41) is 3.23. The zero-order valence-electron chi connectivity index (χ0n) is 20.1. The number of carbonyl (C=O) groups is 2. The molecule has 1 atom stereocenters. The number of ether oxygens (including phenoxy) is 1. The molecule has 0 saturated heterocycles. The summed E-state index contributed by atoms with van der Waals surface area (Å²) in [5.41, 5.74) is 2.12. The van der Waals surface area contributed by atoms with Gasteiger partial charge in [-0.3, -0.25) is 9.59 Å². The quantitative estimate of drug-likeness (QED) is 0.378. The Morgan fingerprint density at radius 2 is 1.85 bits per heavy atom. The predicted octanol–water partition coefficient (Wildman–Crippen LogP) is 5.95. The van der Waals surface area contributed by atoms with Gasteiger partial charge in [0.1, 0.15) is 11.8 Å². The summed E-state index contributed by atoms with van der Waals surface area (Å²) in [6.45, 7) is 2.36. The Kier molecular flexibility index (Phi) is 10.8. The summed E-state index contributed by atoms with van der Waals surface area (Å²) in [5.74, 6) is 1.76. The fraction of sp³-hybridized carbons (Fsp3) is 0.481. The van der Waals surface area contributed by atoms with E-state index in [0.29, 0.717) is 18.7 Å². The molecule has 0 aliphatic heterocycles. The molecule has 1 N–H and O–H groups in total. The van der Waals surface area contributed by atoms with Gasteiger partial charge in [0.05, 0.1) is 12.9 Å². The minimum Gasteiger partial charge on any atom is -0.497 e. The zero-order valence-corrected chi connectivity index (χ0v) is 22.5. The summed E-state index contributed by atoms with van der Waals surface area (Å²) >= 11 is 5.04. The van der Waals surface area contributed by atoms with Crippen LogP contribution in [0.25, 0.3) is 0 Å². The first-order valence-electron chi connectivity index (χ1n) is 12.0. The van der Waals surface area contributed by atoms with E-state index in [0.717, 1.165) is 47.2 Å². The smallest absolute Gasteiger partial charge is 0.243 e. The van der Waals surface area contributed by atoms with Crippen LogP contribution in [0.2, 0.25) is 0 Å². The van der Waals surface area contributed by atoms with E-state index in [1.165, 1.54) is 12.0 Å². The molecular formula is C27H35BrN2O3S. The molecule has 1 aliphatic rings. The molecule has 0 radical (unpaired) electrons. The Bertz CT molecular complexity index is 932. The maximum absolute atomic E-state index is 13.4. The summed E-state index contributed by atoms with van der Waals surface area (Å²) in [4.78, 5) is 28.5. The highest BCUT2D eigenvalue weighted by Crippen LogP contribution is 2.22. The van der Waals surface area contributed by atoms with Crippen LogP contribution >= 0.6 is 27.7 Å². The minimum atomic E-state index is -0.492. The fourth-order valence-electron chi connectivity index (χ4n) is 4.35. The van der Waals surface area contributed by atoms with Crippen molar-refractivity contribution < 1.29 is 14.3 Å². The van der Waals surface area contributed by atoms with Crippen molar-refractivity contribution in [3.8, 4) is 5.75 Å². The van der Waals surface area contributed by atoms with Crippen LogP contribution in [0, 0.1) is 0 Å². The van der Waals surface area contributed by atoms with Gasteiger partial charge < -0.3 is 15.0 Å². The van der Waals surface area contributed by atoms with E-state index in [2.05, 4.69) is 33.4 Å². The van der Waals surface area contributed by atoms with Gasteiger partial charge in [-0.05, 0) is 54.7 Å². The minimum absolute atomic E-state index is 0.0180. The molecule has 1 aliphatic carbocycles. The van der Waals surface area contributed by atoms with Gasteiger partial charge in [0.15, 0.2) is 0 Å². The van der Waals surface area contributed by atoms with Crippen LogP contribution in [0.5, 0.6) is 5.75 Å². The second-order valence-corrected chi connectivity index (χ2v) is 10.7. The molecular weight excluding hydrogens is 512 g/mol. The molecule has 184 valence electrons. The van der Waals surface area contributed by atoms with Crippen molar-refractivity contribution in [3.63, 3.8) is 0 Å². The average Bonchev–Trinajstić information content (AvgIpc) is 2.85. The maximum Gasteiger partial charge on any atom is 0.243 e. The standard InChI is InChI=1S/C27H35BrN2O3S/c1-3-25(27(32)29-23-9-5-4-6-10-23)30(17-21-8-7-11-24(16-21)33-2)26(31)19-34-18-20-12-14-22(28)15-13-20/h7-8,11-16,23,25H,3-6,9-10,17-19H2,1-2H3,(H,29,32)/t25-/m0/s1. The normalized spacial score (nSPS) is 14.9. The highest BCUT2D eigenvalue weighted by molar-refractivity contribution is 9.10. The van der Waals surface area contributed by atoms with Crippen molar-refractivity contribution >= 4 is 39.5 Å². The van der Waals surface area contributed by atoms with Crippen molar-refractivity contribution in [2.24, 2.45) is 0 Å². The number of halogens is 1.